The lowest BCUT2D eigenvalue weighted by atomic mass is 10.0. The molecule has 0 saturated carbocycles. The van der Waals surface area contributed by atoms with Gasteiger partial charge in [0.05, 0.1) is 23.2 Å². The summed E-state index contributed by atoms with van der Waals surface area (Å²) in [4.78, 5) is 18.6. The number of benzene rings is 2. The summed E-state index contributed by atoms with van der Waals surface area (Å²) in [5.41, 5.74) is 3.39. The molecule has 2 N–H and O–H groups in total. The second-order valence-corrected chi connectivity index (χ2v) is 6.39. The number of para-hydroxylation sites is 2. The number of imidazole rings is 1. The van der Waals surface area contributed by atoms with Gasteiger partial charge in [0.25, 0.3) is 0 Å². The Morgan fingerprint density at radius 1 is 1.33 bits per heavy atom. The molecule has 2 aromatic carbocycles. The van der Waals surface area contributed by atoms with Crippen LogP contribution in [0, 0.1) is 11.3 Å². The molecule has 0 aliphatic heterocycles. The van der Waals surface area contributed by atoms with E-state index in [1.54, 1.807) is 18.2 Å². The quantitative estimate of drug-likeness (QED) is 0.409. The first kappa shape index (κ1) is 20.7. The van der Waals surface area contributed by atoms with Crippen molar-refractivity contribution < 1.29 is 19.4 Å². The standard InChI is InChI=1S/C23H21N3O4/c1-3-7-16-10-15(12-20(29-4-2)22(16)30-14-21(27)28)11-17(13-24)23-25-18-8-5-6-9-19(18)26-23/h3,5-6,8-12H,1,4,7,14H2,2H3,(H,25,26)(H,27,28)/b17-11+. The zero-order valence-electron chi connectivity index (χ0n) is 16.5. The van der Waals surface area contributed by atoms with Gasteiger partial charge in [-0.15, -0.1) is 6.58 Å². The predicted octanol–water partition coefficient (Wildman–Crippen LogP) is 4.22. The van der Waals surface area contributed by atoms with Crippen molar-refractivity contribution in [1.82, 2.24) is 9.97 Å². The highest BCUT2D eigenvalue weighted by Gasteiger charge is 2.15. The molecule has 0 atom stereocenters. The molecule has 0 radical (unpaired) electrons. The number of allylic oxidation sites excluding steroid dienone is 2. The Bertz CT molecular complexity index is 1120. The maximum absolute atomic E-state index is 11.0. The van der Waals surface area contributed by atoms with E-state index in [1.165, 1.54) is 0 Å². The number of carboxylic acid groups (broad SMARTS) is 1. The number of H-pyrrole nitrogens is 1. The zero-order chi connectivity index (χ0) is 21.5. The van der Waals surface area contributed by atoms with Gasteiger partial charge in [-0.25, -0.2) is 9.78 Å². The predicted molar refractivity (Wildman–Crippen MR) is 114 cm³/mol. The Balaban J connectivity index is 2.07. The average molecular weight is 403 g/mol. The lowest BCUT2D eigenvalue weighted by Crippen LogP contribution is -2.12. The smallest absolute Gasteiger partial charge is 0.341 e. The molecule has 1 aromatic heterocycles. The lowest BCUT2D eigenvalue weighted by molar-refractivity contribution is -0.139. The highest BCUT2D eigenvalue weighted by Crippen LogP contribution is 2.35. The van der Waals surface area contributed by atoms with Crippen molar-refractivity contribution in [3.63, 3.8) is 0 Å². The van der Waals surface area contributed by atoms with Crippen LogP contribution < -0.4 is 9.47 Å². The van der Waals surface area contributed by atoms with Crippen LogP contribution in [0.3, 0.4) is 0 Å². The topological polar surface area (TPSA) is 108 Å². The van der Waals surface area contributed by atoms with Crippen LogP contribution in [-0.2, 0) is 11.2 Å². The number of hydrogen-bond donors (Lipinski definition) is 2. The summed E-state index contributed by atoms with van der Waals surface area (Å²) in [6.45, 7) is 5.47. The molecule has 152 valence electrons. The number of carbonyl (C=O) groups is 1. The highest BCUT2D eigenvalue weighted by atomic mass is 16.5. The number of aliphatic carboxylic acids is 1. The van der Waals surface area contributed by atoms with Crippen LogP contribution >= 0.6 is 0 Å². The lowest BCUT2D eigenvalue weighted by Gasteiger charge is -2.16. The molecule has 0 bridgehead atoms. The summed E-state index contributed by atoms with van der Waals surface area (Å²) in [6.07, 6.45) is 3.84. The molecule has 0 fully saturated rings. The van der Waals surface area contributed by atoms with Gasteiger partial charge in [-0.05, 0) is 49.2 Å². The fourth-order valence-corrected chi connectivity index (χ4v) is 3.04. The Morgan fingerprint density at radius 3 is 2.80 bits per heavy atom. The maximum atomic E-state index is 11.0. The monoisotopic (exact) mass is 403 g/mol. The molecule has 30 heavy (non-hydrogen) atoms. The highest BCUT2D eigenvalue weighted by molar-refractivity contribution is 5.90. The first-order chi connectivity index (χ1) is 14.5. The number of nitriles is 1. The van der Waals surface area contributed by atoms with Gasteiger partial charge >= 0.3 is 5.97 Å². The number of carboxylic acids is 1. The summed E-state index contributed by atoms with van der Waals surface area (Å²) >= 11 is 0. The van der Waals surface area contributed by atoms with E-state index < -0.39 is 12.6 Å². The Morgan fingerprint density at radius 2 is 2.13 bits per heavy atom. The first-order valence-electron chi connectivity index (χ1n) is 9.37. The van der Waals surface area contributed by atoms with Crippen LogP contribution in [0.4, 0.5) is 0 Å². The number of aromatic amines is 1. The number of hydrogen-bond acceptors (Lipinski definition) is 5. The molecule has 0 aliphatic rings. The summed E-state index contributed by atoms with van der Waals surface area (Å²) in [5, 5.41) is 18.7. The molecule has 3 aromatic rings. The van der Waals surface area contributed by atoms with E-state index in [0.29, 0.717) is 47.1 Å². The van der Waals surface area contributed by atoms with Gasteiger partial charge in [0.15, 0.2) is 18.1 Å². The van der Waals surface area contributed by atoms with Crippen LogP contribution in [0.1, 0.15) is 23.9 Å². The van der Waals surface area contributed by atoms with Crippen molar-refractivity contribution in [3.05, 3.63) is 66.0 Å². The average Bonchev–Trinajstić information content (AvgIpc) is 3.15. The number of fused-ring (bicyclic) bond motifs is 1. The summed E-state index contributed by atoms with van der Waals surface area (Å²) < 4.78 is 11.1. The number of nitrogens with one attached hydrogen (secondary N) is 1. The summed E-state index contributed by atoms with van der Waals surface area (Å²) in [7, 11) is 0. The SMILES string of the molecule is C=CCc1cc(/C=C(\C#N)c2nc3ccccc3[nH]2)cc(OCC)c1OCC(=O)O. The van der Waals surface area contributed by atoms with E-state index in [9.17, 15) is 10.1 Å². The largest absolute Gasteiger partial charge is 0.490 e. The zero-order valence-corrected chi connectivity index (χ0v) is 16.5. The van der Waals surface area contributed by atoms with Crippen molar-refractivity contribution in [2.45, 2.75) is 13.3 Å². The van der Waals surface area contributed by atoms with Gasteiger partial charge in [0.1, 0.15) is 11.9 Å². The summed E-state index contributed by atoms with van der Waals surface area (Å²) in [5.74, 6) is 0.153. The van der Waals surface area contributed by atoms with Crippen LogP contribution in [-0.4, -0.2) is 34.3 Å². The fraction of sp³-hybridized carbons (Fsp3) is 0.174. The third-order valence-electron chi connectivity index (χ3n) is 4.23. The van der Waals surface area contributed by atoms with Crippen LogP contribution in [0.2, 0.25) is 0 Å². The molecule has 0 saturated heterocycles. The molecular weight excluding hydrogens is 382 g/mol. The number of rotatable bonds is 9. The Labute approximate surface area is 173 Å². The third kappa shape index (κ3) is 4.67. The number of nitrogens with zero attached hydrogens (tertiary/aromatic N) is 2. The summed E-state index contributed by atoms with van der Waals surface area (Å²) in [6, 6.07) is 13.3. The molecule has 0 amide bonds. The second-order valence-electron chi connectivity index (χ2n) is 6.39. The normalized spacial score (nSPS) is 11.1. The van der Waals surface area contributed by atoms with Gasteiger partial charge < -0.3 is 19.6 Å². The van der Waals surface area contributed by atoms with E-state index in [4.69, 9.17) is 14.6 Å². The minimum atomic E-state index is -1.08. The molecule has 0 unspecified atom stereocenters. The van der Waals surface area contributed by atoms with Crippen LogP contribution in [0.5, 0.6) is 11.5 Å². The van der Waals surface area contributed by atoms with E-state index in [1.807, 2.05) is 37.3 Å². The van der Waals surface area contributed by atoms with Gasteiger partial charge in [-0.2, -0.15) is 5.26 Å². The van der Waals surface area contributed by atoms with Gasteiger partial charge in [0.2, 0.25) is 0 Å². The van der Waals surface area contributed by atoms with E-state index in [-0.39, 0.29) is 0 Å². The van der Waals surface area contributed by atoms with Gasteiger partial charge in [0, 0.05) is 5.56 Å². The molecular formula is C23H21N3O4. The molecule has 3 rings (SSSR count). The molecule has 7 nitrogen and oxygen atoms in total. The molecule has 1 heterocycles. The molecule has 0 aliphatic carbocycles. The van der Waals surface area contributed by atoms with Crippen molar-refractivity contribution in [3.8, 4) is 17.6 Å². The third-order valence-corrected chi connectivity index (χ3v) is 4.23. The number of ether oxygens (including phenoxy) is 2. The van der Waals surface area contributed by atoms with Gasteiger partial charge in [-0.3, -0.25) is 0 Å². The first-order valence-corrected chi connectivity index (χ1v) is 9.37. The van der Waals surface area contributed by atoms with E-state index in [0.717, 1.165) is 11.0 Å². The van der Waals surface area contributed by atoms with E-state index in [2.05, 4.69) is 22.6 Å². The van der Waals surface area contributed by atoms with Crippen molar-refractivity contribution >= 4 is 28.7 Å². The van der Waals surface area contributed by atoms with Crippen LogP contribution in [0.15, 0.2) is 49.1 Å². The van der Waals surface area contributed by atoms with Crippen molar-refractivity contribution in [1.29, 1.82) is 5.26 Å². The maximum Gasteiger partial charge on any atom is 0.341 e. The Kier molecular flexibility index (Phi) is 6.50. The second kappa shape index (κ2) is 9.43. The number of aromatic nitrogens is 2. The van der Waals surface area contributed by atoms with Crippen LogP contribution in [0.25, 0.3) is 22.7 Å². The van der Waals surface area contributed by atoms with Crippen molar-refractivity contribution in [2.24, 2.45) is 0 Å². The van der Waals surface area contributed by atoms with Crippen molar-refractivity contribution in [2.75, 3.05) is 13.2 Å². The minimum Gasteiger partial charge on any atom is -0.490 e. The molecule has 0 spiro atoms. The minimum absolute atomic E-state index is 0.359. The van der Waals surface area contributed by atoms with E-state index >= 15 is 0 Å². The fourth-order valence-electron chi connectivity index (χ4n) is 3.04. The van der Waals surface area contributed by atoms with Gasteiger partial charge in [-0.1, -0.05) is 18.2 Å². The molecule has 7 heteroatoms. The Hall–Kier alpha value is -4.05.